The predicted molar refractivity (Wildman–Crippen MR) is 511 cm³/mol. The van der Waals surface area contributed by atoms with Crippen LogP contribution in [0.25, 0.3) is 157 Å². The smallest absolute Gasteiger partial charge is 0.238 e. The molecule has 0 radical (unpaired) electrons. The van der Waals surface area contributed by atoms with E-state index in [9.17, 15) is 0 Å². The van der Waals surface area contributed by atoms with Gasteiger partial charge in [-0.15, -0.1) is 0 Å². The molecule has 4 heterocycles. The Hall–Kier alpha value is -16.0. The summed E-state index contributed by atoms with van der Waals surface area (Å²) < 4.78 is 4.67. The zero-order valence-electron chi connectivity index (χ0n) is 68.9. The van der Waals surface area contributed by atoms with E-state index in [4.69, 9.17) is 29.9 Å². The third-order valence-electron chi connectivity index (χ3n) is 24.8. The van der Waals surface area contributed by atoms with Crippen molar-refractivity contribution in [2.75, 3.05) is 9.80 Å². The highest BCUT2D eigenvalue weighted by atomic mass is 15.2. The van der Waals surface area contributed by atoms with Crippen LogP contribution in [0.2, 0.25) is 0 Å². The molecular formula is C114H82N10. The molecule has 10 heteroatoms. The summed E-state index contributed by atoms with van der Waals surface area (Å²) in [4.78, 5) is 35.3. The molecule has 0 spiro atoms. The first kappa shape index (κ1) is 74.3. The minimum atomic E-state index is -0.181. The van der Waals surface area contributed by atoms with E-state index in [-0.39, 0.29) is 10.8 Å². The topological polar surface area (TPSA) is 93.7 Å². The Balaban J connectivity index is 0.000000148. The van der Waals surface area contributed by atoms with Crippen LogP contribution >= 0.6 is 0 Å². The first-order valence-electron chi connectivity index (χ1n) is 42.3. The first-order chi connectivity index (χ1) is 61.0. The fourth-order valence-electron chi connectivity index (χ4n) is 18.7. The molecule has 0 N–H and O–H groups in total. The minimum Gasteiger partial charge on any atom is -0.311 e. The SMILES string of the molecule is CC1(C)c2ccccc2-c2cc3c4cc(-c5ccc(N(c6ccccc6)c6ccccc6)cc5)ccc4n(-c4cccc(-c5nc(-c6ccccc6)nc(-c6ccccc6)n5)c4)c3cc21.CC1(C)c2ccccc2-c2cc3c4cc(-c5cccc(N(c6ccccc6)c6ccccc6)c5)ccc4n(-c4nc(-c5ccccc5)nc(-c5ccccc5)n4)c3cc21. The lowest BCUT2D eigenvalue weighted by Gasteiger charge is -2.25. The van der Waals surface area contributed by atoms with Crippen molar-refractivity contribution in [3.05, 3.63) is 447 Å². The van der Waals surface area contributed by atoms with Crippen LogP contribution in [0.5, 0.6) is 0 Å². The van der Waals surface area contributed by atoms with Crippen LogP contribution in [0.3, 0.4) is 0 Å². The van der Waals surface area contributed by atoms with Gasteiger partial charge in [-0.2, -0.15) is 9.97 Å². The lowest BCUT2D eigenvalue weighted by molar-refractivity contribution is 0.661. The van der Waals surface area contributed by atoms with Crippen LogP contribution in [-0.4, -0.2) is 39.0 Å². The number of aromatic nitrogens is 8. The van der Waals surface area contributed by atoms with E-state index in [1.54, 1.807) is 0 Å². The van der Waals surface area contributed by atoms with E-state index in [1.165, 1.54) is 55.3 Å². The summed E-state index contributed by atoms with van der Waals surface area (Å²) in [5.41, 5.74) is 31.5. The molecule has 21 aromatic rings. The van der Waals surface area contributed by atoms with E-state index < -0.39 is 0 Å². The number of rotatable bonds is 15. The summed E-state index contributed by atoms with van der Waals surface area (Å²) in [5, 5.41) is 4.71. The number of hydrogen-bond donors (Lipinski definition) is 0. The average molecular weight is 1590 g/mol. The van der Waals surface area contributed by atoms with Crippen molar-refractivity contribution in [3.63, 3.8) is 0 Å². The van der Waals surface area contributed by atoms with Crippen molar-refractivity contribution in [3.8, 4) is 113 Å². The van der Waals surface area contributed by atoms with Gasteiger partial charge in [-0.05, 0) is 200 Å². The molecule has 0 aliphatic heterocycles. The quantitative estimate of drug-likeness (QED) is 0.100. The van der Waals surface area contributed by atoms with Gasteiger partial charge in [0.25, 0.3) is 0 Å². The Bertz CT molecular complexity index is 7430. The van der Waals surface area contributed by atoms with Crippen LogP contribution in [0.1, 0.15) is 49.9 Å². The third kappa shape index (κ3) is 13.1. The lowest BCUT2D eigenvalue weighted by atomic mass is 9.82. The molecule has 0 amide bonds. The zero-order valence-corrected chi connectivity index (χ0v) is 68.9. The Labute approximate surface area is 720 Å². The van der Waals surface area contributed by atoms with Gasteiger partial charge in [0, 0.05) is 100 Å². The first-order valence-corrected chi connectivity index (χ1v) is 42.3. The molecular weight excluding hydrogens is 1510 g/mol. The standard InChI is InChI=1S/C60H43N5.C54H39N5/c1-60(2)53-29-16-15-28-49(53)50-38-52-51-37-43(40-30-33-47(34-31-40)64(45-23-11-5-12-24-45)46-25-13-6-14-26-46)32-35-55(51)65(56(52)39-54(50)60)48-27-17-22-44(36-48)59-62-57(41-18-7-3-8-19-41)61-58(63-59)42-20-9-4-10-21-42;1-54(2)47-29-16-15-28-43(47)44-34-46-45-33-39(38-22-17-27-42(32-38)58(40-23-11-5-12-24-40)41-25-13-6-14-26-41)30-31-49(45)59(50(46)35-48(44)54)53-56-51(36-18-7-3-8-19-36)55-52(57-53)37-20-9-4-10-21-37/h3-39H,1-2H3;3-35H,1-2H3. The molecule has 0 atom stereocenters. The third-order valence-corrected chi connectivity index (χ3v) is 24.8. The molecule has 0 bridgehead atoms. The van der Waals surface area contributed by atoms with E-state index >= 15 is 0 Å². The van der Waals surface area contributed by atoms with Crippen LogP contribution in [0.15, 0.2) is 425 Å². The van der Waals surface area contributed by atoms with Gasteiger partial charge >= 0.3 is 0 Å². The van der Waals surface area contributed by atoms with Crippen molar-refractivity contribution in [2.45, 2.75) is 38.5 Å². The van der Waals surface area contributed by atoms with Gasteiger partial charge in [0.2, 0.25) is 5.95 Å². The molecule has 0 saturated carbocycles. The molecule has 10 nitrogen and oxygen atoms in total. The second kappa shape index (κ2) is 30.6. The predicted octanol–water partition coefficient (Wildman–Crippen LogP) is 29.2. The van der Waals surface area contributed by atoms with Gasteiger partial charge in [0.1, 0.15) is 0 Å². The number of fused-ring (bicyclic) bond motifs is 12. The summed E-state index contributed by atoms with van der Waals surface area (Å²) in [6.45, 7) is 9.37. The summed E-state index contributed by atoms with van der Waals surface area (Å²) >= 11 is 0. The monoisotopic (exact) mass is 1590 g/mol. The fraction of sp³-hybridized carbons (Fsp3) is 0.0526. The highest BCUT2D eigenvalue weighted by Crippen LogP contribution is 2.54. The molecule has 124 heavy (non-hydrogen) atoms. The number of hydrogen-bond acceptors (Lipinski definition) is 8. The van der Waals surface area contributed by atoms with Crippen molar-refractivity contribution < 1.29 is 0 Å². The minimum absolute atomic E-state index is 0.157. The fourth-order valence-corrected chi connectivity index (χ4v) is 18.7. The van der Waals surface area contributed by atoms with Crippen LogP contribution < -0.4 is 9.80 Å². The highest BCUT2D eigenvalue weighted by molar-refractivity contribution is 6.14. The Kier molecular flexibility index (Phi) is 18.4. The van der Waals surface area contributed by atoms with Gasteiger partial charge in [0.15, 0.2) is 29.1 Å². The van der Waals surface area contributed by atoms with Crippen LogP contribution in [0, 0.1) is 0 Å². The van der Waals surface area contributed by atoms with Crippen LogP contribution in [-0.2, 0) is 10.8 Å². The number of nitrogens with zero attached hydrogens (tertiary/aromatic N) is 10. The zero-order chi connectivity index (χ0) is 83.0. The van der Waals surface area contributed by atoms with Crippen LogP contribution in [0.4, 0.5) is 34.1 Å². The maximum atomic E-state index is 5.25. The van der Waals surface area contributed by atoms with Crippen molar-refractivity contribution in [2.24, 2.45) is 0 Å². The van der Waals surface area contributed by atoms with Gasteiger partial charge in [-0.3, -0.25) is 4.57 Å². The summed E-state index contributed by atoms with van der Waals surface area (Å²) in [6, 6.07) is 151. The van der Waals surface area contributed by atoms with Gasteiger partial charge in [-0.25, -0.2) is 19.9 Å². The van der Waals surface area contributed by atoms with Gasteiger partial charge in [0.05, 0.1) is 22.1 Å². The normalized spacial score (nSPS) is 12.6. The van der Waals surface area contributed by atoms with Crippen molar-refractivity contribution in [1.82, 2.24) is 39.0 Å². The Morgan fingerprint density at radius 3 is 0.944 bits per heavy atom. The molecule has 0 saturated heterocycles. The molecule has 0 fully saturated rings. The number of para-hydroxylation sites is 4. The Morgan fingerprint density at radius 1 is 0.194 bits per heavy atom. The second-order valence-electron chi connectivity index (χ2n) is 33.0. The van der Waals surface area contributed by atoms with E-state index in [1.807, 2.05) is 97.1 Å². The largest absolute Gasteiger partial charge is 0.311 e. The summed E-state index contributed by atoms with van der Waals surface area (Å²) in [6.07, 6.45) is 0. The molecule has 23 rings (SSSR count). The lowest BCUT2D eigenvalue weighted by Crippen LogP contribution is -2.15. The van der Waals surface area contributed by atoms with Gasteiger partial charge in [-0.1, -0.05) is 319 Å². The average Bonchev–Trinajstić information content (AvgIpc) is 1.55. The van der Waals surface area contributed by atoms with Crippen molar-refractivity contribution >= 4 is 77.7 Å². The second-order valence-corrected chi connectivity index (χ2v) is 33.0. The molecule has 588 valence electrons. The van der Waals surface area contributed by atoms with E-state index in [0.29, 0.717) is 35.1 Å². The Morgan fingerprint density at radius 2 is 0.500 bits per heavy atom. The molecule has 2 aliphatic rings. The summed E-state index contributed by atoms with van der Waals surface area (Å²) in [5.74, 6) is 3.76. The highest BCUT2D eigenvalue weighted by Gasteiger charge is 2.38. The molecule has 4 aromatic heterocycles. The number of anilines is 6. The summed E-state index contributed by atoms with van der Waals surface area (Å²) in [7, 11) is 0. The molecule has 2 aliphatic carbocycles. The van der Waals surface area contributed by atoms with Gasteiger partial charge < -0.3 is 14.4 Å². The maximum absolute atomic E-state index is 5.25. The van der Waals surface area contributed by atoms with E-state index in [0.717, 1.165) is 123 Å². The molecule has 0 unspecified atom stereocenters. The van der Waals surface area contributed by atoms with E-state index in [2.05, 4.69) is 374 Å². The van der Waals surface area contributed by atoms with Crippen molar-refractivity contribution in [1.29, 1.82) is 0 Å². The number of benzene rings is 17. The maximum Gasteiger partial charge on any atom is 0.238 e. The molecule has 17 aromatic carbocycles.